The first-order chi connectivity index (χ1) is 18.1. The van der Waals surface area contributed by atoms with Crippen LogP contribution in [0.15, 0.2) is 78.9 Å². The predicted molar refractivity (Wildman–Crippen MR) is 153 cm³/mol. The lowest BCUT2D eigenvalue weighted by Crippen LogP contribution is -2.36. The van der Waals surface area contributed by atoms with Crippen LogP contribution in [0, 0.1) is 0 Å². The Morgan fingerprint density at radius 2 is 1.41 bits per heavy atom. The number of nitrogens with one attached hydrogen (secondary N) is 1. The Hall–Kier alpha value is -3.41. The highest BCUT2D eigenvalue weighted by Gasteiger charge is 2.16. The van der Waals surface area contributed by atoms with Crippen LogP contribution in [0.2, 0.25) is 0 Å². The summed E-state index contributed by atoms with van der Waals surface area (Å²) in [6.45, 7) is 6.52. The van der Waals surface area contributed by atoms with Gasteiger partial charge in [-0.3, -0.25) is 9.69 Å². The van der Waals surface area contributed by atoms with E-state index >= 15 is 0 Å². The fourth-order valence-corrected chi connectivity index (χ4v) is 4.69. The minimum Gasteiger partial charge on any atom is -0.508 e. The van der Waals surface area contributed by atoms with Gasteiger partial charge in [-0.25, -0.2) is 0 Å². The molecule has 1 aliphatic heterocycles. The molecule has 5 heteroatoms. The van der Waals surface area contributed by atoms with Crippen molar-refractivity contribution in [2.75, 3.05) is 31.6 Å². The fourth-order valence-electron chi connectivity index (χ4n) is 4.69. The van der Waals surface area contributed by atoms with E-state index in [-0.39, 0.29) is 18.3 Å². The maximum absolute atomic E-state index is 12.6. The number of rotatable bonds is 9. The number of phenols is 1. The van der Waals surface area contributed by atoms with E-state index in [2.05, 4.69) is 22.3 Å². The lowest BCUT2D eigenvalue weighted by atomic mass is 9.87. The van der Waals surface area contributed by atoms with E-state index < -0.39 is 0 Å². The van der Waals surface area contributed by atoms with Crippen LogP contribution in [0.3, 0.4) is 0 Å². The first-order valence-corrected chi connectivity index (χ1v) is 13.5. The zero-order valence-electron chi connectivity index (χ0n) is 22.1. The minimum atomic E-state index is 0.0156. The monoisotopic (exact) mass is 500 g/mol. The quantitative estimate of drug-likeness (QED) is 0.290. The van der Waals surface area contributed by atoms with Crippen molar-refractivity contribution in [2.45, 2.75) is 46.0 Å². The van der Waals surface area contributed by atoms with Gasteiger partial charge in [0.2, 0.25) is 5.91 Å². The van der Waals surface area contributed by atoms with E-state index in [1.807, 2.05) is 68.4 Å². The Morgan fingerprint density at radius 1 is 0.811 bits per heavy atom. The number of anilines is 1. The normalized spacial score (nSPS) is 14.2. The number of piperidine rings is 1. The van der Waals surface area contributed by atoms with Crippen molar-refractivity contribution in [1.29, 1.82) is 0 Å². The highest BCUT2D eigenvalue weighted by molar-refractivity contribution is 5.99. The van der Waals surface area contributed by atoms with E-state index in [1.54, 1.807) is 12.1 Å². The van der Waals surface area contributed by atoms with Crippen molar-refractivity contribution in [2.24, 2.45) is 0 Å². The Morgan fingerprint density at radius 3 is 2.00 bits per heavy atom. The summed E-state index contributed by atoms with van der Waals surface area (Å²) < 4.78 is 0. The molecule has 0 saturated carbocycles. The maximum atomic E-state index is 12.6. The third kappa shape index (κ3) is 8.31. The molecule has 1 amide bonds. The summed E-state index contributed by atoms with van der Waals surface area (Å²) in [5.41, 5.74) is 6.06. The largest absolute Gasteiger partial charge is 0.508 e. The number of phenolic OH excluding ortho intramolecular Hbond substituents is 1. The van der Waals surface area contributed by atoms with Crippen molar-refractivity contribution < 1.29 is 15.0 Å². The molecule has 37 heavy (non-hydrogen) atoms. The van der Waals surface area contributed by atoms with E-state index in [4.69, 9.17) is 0 Å². The molecule has 1 aliphatic rings. The summed E-state index contributed by atoms with van der Waals surface area (Å²) in [4.78, 5) is 14.8. The summed E-state index contributed by atoms with van der Waals surface area (Å²) >= 11 is 0. The number of carbonyl (C=O) groups is 1. The summed E-state index contributed by atoms with van der Waals surface area (Å²) in [5, 5.41) is 22.4. The summed E-state index contributed by atoms with van der Waals surface area (Å²) in [7, 11) is 0. The lowest BCUT2D eigenvalue weighted by Gasteiger charge is -2.25. The molecular weight excluding hydrogens is 460 g/mol. The fraction of sp³-hybridized carbons (Fsp3) is 0.344. The SMILES string of the molecule is CC.O=C(CN1CCCCC1)Nc1ccc(/C(=C(/CCCO)c2ccccc2)c2ccc(O)cc2)cc1. The number of hydrogen-bond acceptors (Lipinski definition) is 4. The van der Waals surface area contributed by atoms with Crippen molar-refractivity contribution in [3.05, 3.63) is 95.6 Å². The second kappa shape index (κ2) is 15.0. The number of benzene rings is 3. The highest BCUT2D eigenvalue weighted by Crippen LogP contribution is 2.36. The molecule has 3 aromatic carbocycles. The van der Waals surface area contributed by atoms with Crippen LogP contribution in [-0.4, -0.2) is 47.3 Å². The van der Waals surface area contributed by atoms with Crippen LogP contribution in [-0.2, 0) is 4.79 Å². The second-order valence-corrected chi connectivity index (χ2v) is 9.06. The molecule has 0 atom stereocenters. The molecule has 4 rings (SSSR count). The number of likely N-dealkylation sites (tertiary alicyclic amines) is 1. The van der Waals surface area contributed by atoms with Crippen LogP contribution in [0.1, 0.15) is 62.6 Å². The maximum Gasteiger partial charge on any atom is 0.238 e. The van der Waals surface area contributed by atoms with E-state index in [0.29, 0.717) is 19.4 Å². The van der Waals surface area contributed by atoms with E-state index in [1.165, 1.54) is 6.42 Å². The van der Waals surface area contributed by atoms with Crippen LogP contribution in [0.25, 0.3) is 11.1 Å². The number of amides is 1. The Bertz CT molecular complexity index is 1120. The van der Waals surface area contributed by atoms with Crippen molar-refractivity contribution >= 4 is 22.7 Å². The molecule has 0 aliphatic carbocycles. The number of hydrogen-bond donors (Lipinski definition) is 3. The van der Waals surface area contributed by atoms with Gasteiger partial charge in [-0.05, 0) is 90.9 Å². The first kappa shape index (κ1) is 28.2. The van der Waals surface area contributed by atoms with Gasteiger partial charge in [0.05, 0.1) is 6.54 Å². The van der Waals surface area contributed by atoms with Crippen LogP contribution < -0.4 is 5.32 Å². The number of aliphatic hydroxyl groups excluding tert-OH is 1. The van der Waals surface area contributed by atoms with Gasteiger partial charge in [0.25, 0.3) is 0 Å². The topological polar surface area (TPSA) is 72.8 Å². The van der Waals surface area contributed by atoms with Crippen molar-refractivity contribution in [3.8, 4) is 5.75 Å². The van der Waals surface area contributed by atoms with Crippen LogP contribution in [0.5, 0.6) is 5.75 Å². The molecule has 3 aromatic rings. The van der Waals surface area contributed by atoms with Crippen LogP contribution in [0.4, 0.5) is 5.69 Å². The van der Waals surface area contributed by atoms with Crippen molar-refractivity contribution in [1.82, 2.24) is 4.90 Å². The van der Waals surface area contributed by atoms with Gasteiger partial charge in [0.1, 0.15) is 5.75 Å². The molecule has 0 radical (unpaired) electrons. The zero-order chi connectivity index (χ0) is 26.5. The third-order valence-corrected chi connectivity index (χ3v) is 6.44. The molecule has 1 saturated heterocycles. The van der Waals surface area contributed by atoms with Gasteiger partial charge < -0.3 is 15.5 Å². The van der Waals surface area contributed by atoms with E-state index in [0.717, 1.165) is 59.5 Å². The first-order valence-electron chi connectivity index (χ1n) is 13.5. The number of aliphatic hydroxyl groups is 1. The molecular formula is C32H40N2O3. The molecule has 0 aromatic heterocycles. The number of allylic oxidation sites excluding steroid dienone is 1. The Labute approximate surface area is 221 Å². The second-order valence-electron chi connectivity index (χ2n) is 9.06. The van der Waals surface area contributed by atoms with Crippen molar-refractivity contribution in [3.63, 3.8) is 0 Å². The number of carbonyl (C=O) groups excluding carboxylic acids is 1. The average molecular weight is 501 g/mol. The third-order valence-electron chi connectivity index (χ3n) is 6.44. The Balaban J connectivity index is 0.00000186. The molecule has 0 bridgehead atoms. The van der Waals surface area contributed by atoms with Gasteiger partial charge in [-0.15, -0.1) is 0 Å². The zero-order valence-corrected chi connectivity index (χ0v) is 22.1. The van der Waals surface area contributed by atoms with Gasteiger partial charge >= 0.3 is 0 Å². The van der Waals surface area contributed by atoms with Crippen LogP contribution >= 0.6 is 0 Å². The summed E-state index contributed by atoms with van der Waals surface area (Å²) in [5.74, 6) is 0.235. The van der Waals surface area contributed by atoms with E-state index in [9.17, 15) is 15.0 Å². The predicted octanol–water partition coefficient (Wildman–Crippen LogP) is 6.57. The molecule has 0 spiro atoms. The molecule has 3 N–H and O–H groups in total. The summed E-state index contributed by atoms with van der Waals surface area (Å²) in [6, 6.07) is 25.4. The highest BCUT2D eigenvalue weighted by atomic mass is 16.3. The van der Waals surface area contributed by atoms with Gasteiger partial charge in [0, 0.05) is 12.3 Å². The number of aromatic hydroxyl groups is 1. The van der Waals surface area contributed by atoms with Gasteiger partial charge in [-0.1, -0.05) is 74.9 Å². The van der Waals surface area contributed by atoms with Gasteiger partial charge in [0.15, 0.2) is 0 Å². The lowest BCUT2D eigenvalue weighted by molar-refractivity contribution is -0.117. The standard InChI is InChI=1S/C30H34N2O3.C2H6/c33-21-7-10-28(23-8-3-1-4-9-23)30(25-13-17-27(34)18-14-25)24-11-15-26(16-12-24)31-29(35)22-32-19-5-2-6-20-32;1-2/h1,3-4,8-9,11-18,33-34H,2,5-7,10,19-22H2,(H,31,35);1-2H3/b30-28+;. The Kier molecular flexibility index (Phi) is 11.4. The molecule has 0 unspecified atom stereocenters. The smallest absolute Gasteiger partial charge is 0.238 e. The number of nitrogens with zero attached hydrogens (tertiary/aromatic N) is 1. The minimum absolute atomic E-state index is 0.0156. The average Bonchev–Trinajstić information content (AvgIpc) is 2.94. The summed E-state index contributed by atoms with van der Waals surface area (Å²) in [6.07, 6.45) is 4.93. The van der Waals surface area contributed by atoms with Gasteiger partial charge in [-0.2, -0.15) is 0 Å². The molecule has 196 valence electrons. The molecule has 1 heterocycles. The molecule has 1 fully saturated rings. The molecule has 5 nitrogen and oxygen atoms in total.